The van der Waals surface area contributed by atoms with Gasteiger partial charge in [-0.25, -0.2) is 4.39 Å². The van der Waals surface area contributed by atoms with Gasteiger partial charge in [-0.3, -0.25) is 4.79 Å². The second-order valence-corrected chi connectivity index (χ2v) is 5.56. The van der Waals surface area contributed by atoms with Crippen molar-refractivity contribution < 1.29 is 9.18 Å². The van der Waals surface area contributed by atoms with Gasteiger partial charge < -0.3 is 10.6 Å². The molecule has 0 saturated carbocycles. The normalized spacial score (nSPS) is 21.0. The van der Waals surface area contributed by atoms with Crippen LogP contribution in [-0.2, 0) is 4.79 Å². The number of carbonyl (C=O) groups is 1. The van der Waals surface area contributed by atoms with Crippen LogP contribution in [0.5, 0.6) is 0 Å². The minimum Gasteiger partial charge on any atom is -0.324 e. The SMILES string of the molecule is CCCC1(C(=O)Nc2cc(C#N)cc(F)c2C)CCCN1. The maximum Gasteiger partial charge on any atom is 0.244 e. The van der Waals surface area contributed by atoms with Crippen LogP contribution in [0.2, 0.25) is 0 Å². The molecule has 1 aromatic rings. The molecule has 1 amide bonds. The Labute approximate surface area is 124 Å². The van der Waals surface area contributed by atoms with Gasteiger partial charge >= 0.3 is 0 Å². The van der Waals surface area contributed by atoms with Crippen LogP contribution in [0.15, 0.2) is 12.1 Å². The zero-order valence-corrected chi connectivity index (χ0v) is 12.4. The molecule has 0 aliphatic carbocycles. The first-order valence-corrected chi connectivity index (χ1v) is 7.29. The summed E-state index contributed by atoms with van der Waals surface area (Å²) >= 11 is 0. The number of nitrogens with one attached hydrogen (secondary N) is 2. The average Bonchev–Trinajstić information content (AvgIpc) is 2.93. The fourth-order valence-electron chi connectivity index (χ4n) is 2.87. The van der Waals surface area contributed by atoms with Crippen LogP contribution < -0.4 is 10.6 Å². The van der Waals surface area contributed by atoms with Gasteiger partial charge in [-0.15, -0.1) is 0 Å². The maximum absolute atomic E-state index is 13.8. The number of hydrogen-bond acceptors (Lipinski definition) is 3. The number of rotatable bonds is 4. The molecule has 21 heavy (non-hydrogen) atoms. The number of amides is 1. The second kappa shape index (κ2) is 6.23. The lowest BCUT2D eigenvalue weighted by molar-refractivity contribution is -0.122. The Balaban J connectivity index is 2.27. The highest BCUT2D eigenvalue weighted by atomic mass is 19.1. The van der Waals surface area contributed by atoms with Crippen molar-refractivity contribution in [1.29, 1.82) is 5.26 Å². The van der Waals surface area contributed by atoms with Crippen LogP contribution in [-0.4, -0.2) is 18.0 Å². The van der Waals surface area contributed by atoms with Gasteiger partial charge in [0.2, 0.25) is 5.91 Å². The minimum atomic E-state index is -0.569. The third kappa shape index (κ3) is 3.06. The molecule has 1 aliphatic heterocycles. The van der Waals surface area contributed by atoms with Crippen LogP contribution in [0.1, 0.15) is 43.7 Å². The average molecular weight is 289 g/mol. The Hall–Kier alpha value is -1.93. The zero-order chi connectivity index (χ0) is 15.5. The van der Waals surface area contributed by atoms with Crippen molar-refractivity contribution >= 4 is 11.6 Å². The molecule has 1 aromatic carbocycles. The van der Waals surface area contributed by atoms with E-state index < -0.39 is 11.4 Å². The van der Waals surface area contributed by atoms with E-state index in [2.05, 4.69) is 10.6 Å². The fraction of sp³-hybridized carbons (Fsp3) is 0.500. The third-order valence-corrected chi connectivity index (χ3v) is 4.08. The predicted molar refractivity (Wildman–Crippen MR) is 79.4 cm³/mol. The molecule has 1 aliphatic rings. The van der Waals surface area contributed by atoms with Crippen molar-refractivity contribution in [3.8, 4) is 6.07 Å². The molecule has 0 bridgehead atoms. The lowest BCUT2D eigenvalue weighted by atomic mass is 9.90. The smallest absolute Gasteiger partial charge is 0.244 e. The minimum absolute atomic E-state index is 0.139. The first-order valence-electron chi connectivity index (χ1n) is 7.29. The van der Waals surface area contributed by atoms with Crippen molar-refractivity contribution in [3.05, 3.63) is 29.1 Å². The summed E-state index contributed by atoms with van der Waals surface area (Å²) in [6.07, 6.45) is 3.38. The Morgan fingerprint density at radius 3 is 2.90 bits per heavy atom. The van der Waals surface area contributed by atoms with Crippen molar-refractivity contribution in [2.75, 3.05) is 11.9 Å². The van der Waals surface area contributed by atoms with E-state index in [0.29, 0.717) is 11.3 Å². The molecule has 0 radical (unpaired) electrons. The van der Waals surface area contributed by atoms with Crippen molar-refractivity contribution in [3.63, 3.8) is 0 Å². The van der Waals surface area contributed by atoms with E-state index >= 15 is 0 Å². The van der Waals surface area contributed by atoms with Crippen molar-refractivity contribution in [1.82, 2.24) is 5.32 Å². The van der Waals surface area contributed by atoms with E-state index in [1.807, 2.05) is 13.0 Å². The molecular formula is C16H20FN3O. The van der Waals surface area contributed by atoms with Crippen LogP contribution in [0.4, 0.5) is 10.1 Å². The maximum atomic E-state index is 13.8. The number of hydrogen-bond donors (Lipinski definition) is 2. The highest BCUT2D eigenvalue weighted by molar-refractivity contribution is 5.99. The second-order valence-electron chi connectivity index (χ2n) is 5.56. The highest BCUT2D eigenvalue weighted by Crippen LogP contribution is 2.28. The van der Waals surface area contributed by atoms with E-state index in [1.54, 1.807) is 6.92 Å². The van der Waals surface area contributed by atoms with E-state index in [0.717, 1.165) is 32.2 Å². The summed E-state index contributed by atoms with van der Waals surface area (Å²) in [7, 11) is 0. The number of nitrogens with zero attached hydrogens (tertiary/aromatic N) is 1. The topological polar surface area (TPSA) is 64.9 Å². The Bertz CT molecular complexity index is 586. The van der Waals surface area contributed by atoms with Crippen molar-refractivity contribution in [2.24, 2.45) is 0 Å². The summed E-state index contributed by atoms with van der Waals surface area (Å²) in [6.45, 7) is 4.45. The first-order chi connectivity index (χ1) is 10.0. The molecule has 4 nitrogen and oxygen atoms in total. The van der Waals surface area contributed by atoms with Gasteiger partial charge in [0.05, 0.1) is 17.2 Å². The van der Waals surface area contributed by atoms with Crippen LogP contribution in [0.25, 0.3) is 0 Å². The Kier molecular flexibility index (Phi) is 4.59. The van der Waals surface area contributed by atoms with Gasteiger partial charge in [-0.2, -0.15) is 5.26 Å². The van der Waals surface area contributed by atoms with Gasteiger partial charge in [0, 0.05) is 11.3 Å². The van der Waals surface area contributed by atoms with Crippen molar-refractivity contribution in [2.45, 2.75) is 45.1 Å². The largest absolute Gasteiger partial charge is 0.324 e. The quantitative estimate of drug-likeness (QED) is 0.895. The summed E-state index contributed by atoms with van der Waals surface area (Å²) in [5.41, 5.74) is 0.366. The number of anilines is 1. The summed E-state index contributed by atoms with van der Waals surface area (Å²) in [5, 5.41) is 15.0. The van der Waals surface area contributed by atoms with E-state index in [9.17, 15) is 9.18 Å². The van der Waals surface area contributed by atoms with Gasteiger partial charge in [-0.1, -0.05) is 13.3 Å². The third-order valence-electron chi connectivity index (χ3n) is 4.08. The molecule has 1 saturated heterocycles. The van der Waals surface area contributed by atoms with Gasteiger partial charge in [0.1, 0.15) is 5.82 Å². The van der Waals surface area contributed by atoms with E-state index in [4.69, 9.17) is 5.26 Å². The summed E-state index contributed by atoms with van der Waals surface area (Å²) < 4.78 is 13.8. The molecule has 1 heterocycles. The van der Waals surface area contributed by atoms with Gasteiger partial charge in [0.25, 0.3) is 0 Å². The molecule has 1 fully saturated rings. The fourth-order valence-corrected chi connectivity index (χ4v) is 2.87. The summed E-state index contributed by atoms with van der Waals surface area (Å²) in [6, 6.07) is 4.61. The molecule has 5 heteroatoms. The lowest BCUT2D eigenvalue weighted by Crippen LogP contribution is -2.50. The Morgan fingerprint density at radius 2 is 2.33 bits per heavy atom. The Morgan fingerprint density at radius 1 is 1.57 bits per heavy atom. The van der Waals surface area contributed by atoms with Crippen LogP contribution in [0, 0.1) is 24.1 Å². The molecule has 0 aromatic heterocycles. The number of nitriles is 1. The van der Waals surface area contributed by atoms with Crippen LogP contribution in [0.3, 0.4) is 0 Å². The number of carbonyl (C=O) groups excluding carboxylic acids is 1. The molecule has 0 spiro atoms. The molecule has 112 valence electrons. The zero-order valence-electron chi connectivity index (χ0n) is 12.4. The first kappa shape index (κ1) is 15.5. The number of benzene rings is 1. The molecule has 2 N–H and O–H groups in total. The number of halogens is 1. The summed E-state index contributed by atoms with van der Waals surface area (Å²) in [5.74, 6) is -0.618. The molecule has 2 rings (SSSR count). The van der Waals surface area contributed by atoms with E-state index in [-0.39, 0.29) is 11.5 Å². The highest BCUT2D eigenvalue weighted by Gasteiger charge is 2.40. The standard InChI is InChI=1S/C16H20FN3O/c1-3-5-16(6-4-7-19-16)15(21)20-14-9-12(10-18)8-13(17)11(14)2/h8-9,19H,3-7H2,1-2H3,(H,20,21). The summed E-state index contributed by atoms with van der Waals surface area (Å²) in [4.78, 5) is 12.6. The monoisotopic (exact) mass is 289 g/mol. The molecule has 1 atom stereocenters. The van der Waals surface area contributed by atoms with E-state index in [1.165, 1.54) is 12.1 Å². The van der Waals surface area contributed by atoms with Crippen LogP contribution >= 0.6 is 0 Å². The predicted octanol–water partition coefficient (Wildman–Crippen LogP) is 2.87. The molecule has 1 unspecified atom stereocenters. The molecular weight excluding hydrogens is 269 g/mol. The lowest BCUT2D eigenvalue weighted by Gasteiger charge is -2.28. The van der Waals surface area contributed by atoms with Gasteiger partial charge in [-0.05, 0) is 44.9 Å². The van der Waals surface area contributed by atoms with Gasteiger partial charge in [0.15, 0.2) is 0 Å².